The number of hydrogen-bond acceptors (Lipinski definition) is 5. The van der Waals surface area contributed by atoms with E-state index >= 15 is 0 Å². The van der Waals surface area contributed by atoms with Crippen molar-refractivity contribution < 1.29 is 13.2 Å². The maximum atomic E-state index is 12.5. The molecule has 2 fully saturated rings. The van der Waals surface area contributed by atoms with Gasteiger partial charge in [-0.3, -0.25) is 4.99 Å². The predicted molar refractivity (Wildman–Crippen MR) is 130 cm³/mol. The zero-order valence-corrected chi connectivity index (χ0v) is 21.6. The normalized spacial score (nSPS) is 20.7. The first-order valence-electron chi connectivity index (χ1n) is 10.6. The molecule has 0 radical (unpaired) electrons. The zero-order valence-electron chi connectivity index (χ0n) is 18.5. The van der Waals surface area contributed by atoms with Gasteiger partial charge in [-0.05, 0) is 59.2 Å². The molecule has 0 aliphatic carbocycles. The molecule has 0 atom stereocenters. The van der Waals surface area contributed by atoms with Gasteiger partial charge in [0.15, 0.2) is 5.96 Å². The van der Waals surface area contributed by atoms with Gasteiger partial charge >= 0.3 is 0 Å². The number of likely N-dealkylation sites (tertiary alicyclic amines) is 1. The topological polar surface area (TPSA) is 77.5 Å². The second-order valence-corrected chi connectivity index (χ2v) is 10.2. The number of aliphatic imine (C=N–C) groups is 1. The molecule has 8 nitrogen and oxygen atoms in total. The van der Waals surface area contributed by atoms with Crippen molar-refractivity contribution in [3.8, 4) is 0 Å². The number of nitrogens with zero attached hydrogens (tertiary/aromatic N) is 4. The van der Waals surface area contributed by atoms with Crippen LogP contribution in [0.2, 0.25) is 0 Å². The minimum atomic E-state index is -3.25. The minimum Gasteiger partial charge on any atom is -0.378 e. The Morgan fingerprint density at radius 3 is 2.31 bits per heavy atom. The minimum absolute atomic E-state index is 0. The van der Waals surface area contributed by atoms with E-state index in [1.165, 1.54) is 25.9 Å². The van der Waals surface area contributed by atoms with E-state index in [4.69, 9.17) is 4.74 Å². The summed E-state index contributed by atoms with van der Waals surface area (Å²) in [6.07, 6.45) is 3.76. The molecule has 2 aliphatic rings. The van der Waals surface area contributed by atoms with Crippen LogP contribution in [-0.4, -0.2) is 107 Å². The Bertz CT molecular complexity index is 587. The first-order chi connectivity index (χ1) is 13.3. The van der Waals surface area contributed by atoms with Crippen molar-refractivity contribution in [3.05, 3.63) is 0 Å². The SMILES string of the molecule is CN=C(NCCC1CCN(C)CC1)N1CCN(S(=O)(=O)CCOC(C)C)CC1.I. The molecule has 2 heterocycles. The maximum absolute atomic E-state index is 12.5. The Morgan fingerprint density at radius 1 is 1.14 bits per heavy atom. The van der Waals surface area contributed by atoms with Gasteiger partial charge in [0.05, 0.1) is 18.5 Å². The molecule has 0 unspecified atom stereocenters. The Kier molecular flexibility index (Phi) is 12.3. The Balaban J connectivity index is 0.00000420. The van der Waals surface area contributed by atoms with Crippen LogP contribution in [0.15, 0.2) is 4.99 Å². The largest absolute Gasteiger partial charge is 0.378 e. The van der Waals surface area contributed by atoms with Gasteiger partial charge in [0.2, 0.25) is 10.0 Å². The summed E-state index contributed by atoms with van der Waals surface area (Å²) in [4.78, 5) is 8.95. The quantitative estimate of drug-likeness (QED) is 0.282. The summed E-state index contributed by atoms with van der Waals surface area (Å²) in [7, 11) is 0.730. The zero-order chi connectivity index (χ0) is 20.6. The van der Waals surface area contributed by atoms with Crippen LogP contribution >= 0.6 is 24.0 Å². The predicted octanol–water partition coefficient (Wildman–Crippen LogP) is 1.28. The Labute approximate surface area is 194 Å². The third-order valence-electron chi connectivity index (χ3n) is 5.61. The van der Waals surface area contributed by atoms with Crippen LogP contribution in [0.1, 0.15) is 33.1 Å². The summed E-state index contributed by atoms with van der Waals surface area (Å²) in [5.74, 6) is 1.72. The molecule has 0 aromatic rings. The van der Waals surface area contributed by atoms with Crippen LogP contribution in [0.3, 0.4) is 0 Å². The van der Waals surface area contributed by atoms with E-state index in [0.29, 0.717) is 26.2 Å². The summed E-state index contributed by atoms with van der Waals surface area (Å²) >= 11 is 0. The van der Waals surface area contributed by atoms with E-state index in [2.05, 4.69) is 27.2 Å². The van der Waals surface area contributed by atoms with Crippen LogP contribution in [0.5, 0.6) is 0 Å². The summed E-state index contributed by atoms with van der Waals surface area (Å²) in [6.45, 7) is 9.71. The van der Waals surface area contributed by atoms with Gasteiger partial charge in [-0.1, -0.05) is 0 Å². The first-order valence-corrected chi connectivity index (χ1v) is 12.2. The van der Waals surface area contributed by atoms with Crippen molar-refractivity contribution in [2.45, 2.75) is 39.2 Å². The lowest BCUT2D eigenvalue weighted by Gasteiger charge is -2.36. The lowest BCUT2D eigenvalue weighted by Crippen LogP contribution is -2.54. The number of hydrogen-bond donors (Lipinski definition) is 1. The molecule has 0 bridgehead atoms. The molecule has 2 saturated heterocycles. The maximum Gasteiger partial charge on any atom is 0.216 e. The van der Waals surface area contributed by atoms with E-state index < -0.39 is 10.0 Å². The lowest BCUT2D eigenvalue weighted by atomic mass is 9.94. The van der Waals surface area contributed by atoms with Crippen molar-refractivity contribution in [1.29, 1.82) is 0 Å². The molecule has 0 aromatic heterocycles. The van der Waals surface area contributed by atoms with E-state index in [0.717, 1.165) is 24.8 Å². The second-order valence-electron chi connectivity index (χ2n) is 8.13. The molecule has 10 heteroatoms. The van der Waals surface area contributed by atoms with Gasteiger partial charge in [0.25, 0.3) is 0 Å². The van der Waals surface area contributed by atoms with Crippen LogP contribution in [0.25, 0.3) is 0 Å². The van der Waals surface area contributed by atoms with Crippen LogP contribution < -0.4 is 5.32 Å². The van der Waals surface area contributed by atoms with Gasteiger partial charge in [-0.15, -0.1) is 24.0 Å². The smallest absolute Gasteiger partial charge is 0.216 e. The van der Waals surface area contributed by atoms with Crippen molar-refractivity contribution >= 4 is 40.0 Å². The number of piperazine rings is 1. The summed E-state index contributed by atoms with van der Waals surface area (Å²) in [5.41, 5.74) is 0. The summed E-state index contributed by atoms with van der Waals surface area (Å²) in [6, 6.07) is 0. The molecule has 172 valence electrons. The number of nitrogens with one attached hydrogen (secondary N) is 1. The van der Waals surface area contributed by atoms with Crippen molar-refractivity contribution in [3.63, 3.8) is 0 Å². The van der Waals surface area contributed by atoms with Crippen molar-refractivity contribution in [2.24, 2.45) is 10.9 Å². The number of guanidine groups is 1. The van der Waals surface area contributed by atoms with Crippen LogP contribution in [0.4, 0.5) is 0 Å². The van der Waals surface area contributed by atoms with E-state index in [1.54, 1.807) is 11.4 Å². The number of halogens is 1. The van der Waals surface area contributed by atoms with Crippen LogP contribution in [-0.2, 0) is 14.8 Å². The number of rotatable bonds is 8. The standard InChI is InChI=1S/C19H39N5O3S.HI/c1-17(2)27-15-16-28(25,26)24-13-11-23(12-14-24)19(20-3)21-8-5-18-6-9-22(4)10-7-18;/h17-18H,5-16H2,1-4H3,(H,20,21);1H. The van der Waals surface area contributed by atoms with Crippen molar-refractivity contribution in [1.82, 2.24) is 19.4 Å². The second kappa shape index (κ2) is 13.3. The van der Waals surface area contributed by atoms with Crippen LogP contribution in [0, 0.1) is 5.92 Å². The molecule has 0 amide bonds. The fourth-order valence-electron chi connectivity index (χ4n) is 3.77. The molecule has 0 saturated carbocycles. The molecule has 2 rings (SSSR count). The molecule has 1 N–H and O–H groups in total. The van der Waals surface area contributed by atoms with Gasteiger partial charge in [-0.25, -0.2) is 8.42 Å². The molecular weight excluding hydrogens is 505 g/mol. The molecule has 2 aliphatic heterocycles. The highest BCUT2D eigenvalue weighted by Gasteiger charge is 2.28. The van der Waals surface area contributed by atoms with Gasteiger partial charge in [-0.2, -0.15) is 4.31 Å². The van der Waals surface area contributed by atoms with Gasteiger partial charge in [0, 0.05) is 39.8 Å². The average Bonchev–Trinajstić information content (AvgIpc) is 2.66. The highest BCUT2D eigenvalue weighted by atomic mass is 127. The third-order valence-corrected chi connectivity index (χ3v) is 7.44. The molecular formula is C19H40IN5O3S. The average molecular weight is 546 g/mol. The van der Waals surface area contributed by atoms with E-state index in [-0.39, 0.29) is 42.4 Å². The van der Waals surface area contributed by atoms with Crippen molar-refractivity contribution in [2.75, 3.05) is 72.3 Å². The number of piperidine rings is 1. The fraction of sp³-hybridized carbons (Fsp3) is 0.947. The molecule has 0 aromatic carbocycles. The highest BCUT2D eigenvalue weighted by molar-refractivity contribution is 14.0. The van der Waals surface area contributed by atoms with Gasteiger partial charge < -0.3 is 19.9 Å². The first kappa shape index (κ1) is 26.9. The Morgan fingerprint density at radius 2 is 1.76 bits per heavy atom. The number of sulfonamides is 1. The Hall–Kier alpha value is -0.170. The highest BCUT2D eigenvalue weighted by Crippen LogP contribution is 2.18. The van der Waals surface area contributed by atoms with Gasteiger partial charge in [0.1, 0.15) is 0 Å². The monoisotopic (exact) mass is 545 g/mol. The molecule has 0 spiro atoms. The third kappa shape index (κ3) is 9.24. The summed E-state index contributed by atoms with van der Waals surface area (Å²) < 4.78 is 31.9. The fourth-order valence-corrected chi connectivity index (χ4v) is 5.05. The van der Waals surface area contributed by atoms with E-state index in [1.807, 2.05) is 13.8 Å². The van der Waals surface area contributed by atoms with E-state index in [9.17, 15) is 8.42 Å². The number of ether oxygens (including phenoxy) is 1. The summed E-state index contributed by atoms with van der Waals surface area (Å²) in [5, 5.41) is 3.47. The lowest BCUT2D eigenvalue weighted by molar-refractivity contribution is 0.0904. The molecule has 29 heavy (non-hydrogen) atoms.